The van der Waals surface area contributed by atoms with Gasteiger partial charge in [-0.3, -0.25) is 0 Å². The van der Waals surface area contributed by atoms with Gasteiger partial charge in [0.15, 0.2) is 0 Å². The summed E-state index contributed by atoms with van der Waals surface area (Å²) in [4.78, 5) is 13.2. The lowest BCUT2D eigenvalue weighted by molar-refractivity contribution is -0.0204. The first-order valence-corrected chi connectivity index (χ1v) is 13.1. The lowest BCUT2D eigenvalue weighted by atomic mass is 9.80. The van der Waals surface area contributed by atoms with Crippen molar-refractivity contribution in [1.82, 2.24) is 19.5 Å². The van der Waals surface area contributed by atoms with E-state index in [0.717, 1.165) is 44.3 Å². The lowest BCUT2D eigenvalue weighted by Crippen LogP contribution is -2.36. The summed E-state index contributed by atoms with van der Waals surface area (Å²) in [6.07, 6.45) is 3.39. The highest BCUT2D eigenvalue weighted by molar-refractivity contribution is 9.10. The van der Waals surface area contributed by atoms with Crippen molar-refractivity contribution in [2.24, 2.45) is 5.41 Å². The molecule has 0 radical (unpaired) electrons. The number of rotatable bonds is 2. The summed E-state index contributed by atoms with van der Waals surface area (Å²) >= 11 is 11.5. The molecule has 4 aromatic rings. The van der Waals surface area contributed by atoms with E-state index >= 15 is 0 Å². The van der Waals surface area contributed by atoms with Gasteiger partial charge in [0.1, 0.15) is 23.2 Å². The number of hydrogen-bond acceptors (Lipinski definition) is 6. The Morgan fingerprint density at radius 3 is 2.88 bits per heavy atom. The number of pyridine rings is 1. The Bertz CT molecular complexity index is 1400. The van der Waals surface area contributed by atoms with Gasteiger partial charge < -0.3 is 14.8 Å². The van der Waals surface area contributed by atoms with Crippen molar-refractivity contribution in [3.8, 4) is 0 Å². The van der Waals surface area contributed by atoms with E-state index < -0.39 is 12.2 Å². The molecule has 4 heterocycles. The first kappa shape index (κ1) is 21.8. The monoisotopic (exact) mass is 544 g/mol. The zero-order valence-electron chi connectivity index (χ0n) is 17.8. The molecule has 0 amide bonds. The zero-order chi connectivity index (χ0) is 22.9. The van der Waals surface area contributed by atoms with Gasteiger partial charge in [0.25, 0.3) is 0 Å². The molecule has 1 aliphatic carbocycles. The minimum absolute atomic E-state index is 0.222. The third kappa shape index (κ3) is 3.41. The highest BCUT2D eigenvalue weighted by atomic mass is 79.9. The molecule has 1 saturated heterocycles. The van der Waals surface area contributed by atoms with E-state index in [1.165, 1.54) is 5.56 Å². The van der Waals surface area contributed by atoms with Crippen molar-refractivity contribution in [2.75, 3.05) is 5.75 Å². The first-order chi connectivity index (χ1) is 15.9. The van der Waals surface area contributed by atoms with E-state index in [1.807, 2.05) is 41.6 Å². The molecule has 1 aromatic carbocycles. The Hall–Kier alpha value is -1.71. The number of thioether (sulfide) groups is 1. The van der Waals surface area contributed by atoms with E-state index in [0.29, 0.717) is 11.6 Å². The molecule has 2 aliphatic rings. The normalized spacial score (nSPS) is 29.6. The van der Waals surface area contributed by atoms with Gasteiger partial charge in [0.05, 0.1) is 27.8 Å². The van der Waals surface area contributed by atoms with E-state index in [1.54, 1.807) is 6.33 Å². The van der Waals surface area contributed by atoms with Crippen LogP contribution in [0, 0.1) is 12.3 Å². The fourth-order valence-electron chi connectivity index (χ4n) is 5.51. The van der Waals surface area contributed by atoms with Crippen LogP contribution in [-0.4, -0.2) is 47.7 Å². The molecular formula is C24H22BrClN4O2S. The van der Waals surface area contributed by atoms with Crippen molar-refractivity contribution in [2.45, 2.75) is 43.3 Å². The summed E-state index contributed by atoms with van der Waals surface area (Å²) in [6.45, 7) is 1.96. The summed E-state index contributed by atoms with van der Waals surface area (Å²) < 4.78 is 2.80. The number of halogens is 2. The Labute approximate surface area is 208 Å². The molecule has 1 aliphatic heterocycles. The van der Waals surface area contributed by atoms with Crippen molar-refractivity contribution in [3.63, 3.8) is 0 Å². The molecule has 2 N–H and O–H groups in total. The van der Waals surface area contributed by atoms with Gasteiger partial charge in [-0.15, -0.1) is 0 Å². The minimum atomic E-state index is -0.843. The summed E-state index contributed by atoms with van der Waals surface area (Å²) in [5.74, 6) is 0.798. The smallest absolute Gasteiger partial charge is 0.143 e. The maximum atomic E-state index is 11.2. The topological polar surface area (TPSA) is 84.1 Å². The van der Waals surface area contributed by atoms with Gasteiger partial charge in [-0.1, -0.05) is 23.7 Å². The van der Waals surface area contributed by atoms with Gasteiger partial charge >= 0.3 is 0 Å². The predicted octanol–water partition coefficient (Wildman–Crippen LogP) is 5.24. The van der Waals surface area contributed by atoms with Crippen LogP contribution in [0.5, 0.6) is 0 Å². The summed E-state index contributed by atoms with van der Waals surface area (Å²) in [7, 11) is 0. The molecule has 0 bridgehead atoms. The fraction of sp³-hybridized carbons (Fsp3) is 0.375. The summed E-state index contributed by atoms with van der Waals surface area (Å²) in [6, 6.07) is 10.0. The molecule has 3 aromatic heterocycles. The SMILES string of the molecule is Cc1ncnc2c1ccn2[C@@H]1C[C@@]2(CS[C@H](c3ccc4cc(Br)c(Cl)nc4c3)C2)[C@@H](O)[C@H]1O. The van der Waals surface area contributed by atoms with Crippen LogP contribution in [0.1, 0.15) is 35.4 Å². The molecule has 0 unspecified atom stereocenters. The van der Waals surface area contributed by atoms with Gasteiger partial charge in [-0.2, -0.15) is 11.8 Å². The Kier molecular flexibility index (Phi) is 5.23. The molecular weight excluding hydrogens is 524 g/mol. The number of benzene rings is 1. The van der Waals surface area contributed by atoms with Crippen LogP contribution in [0.3, 0.4) is 0 Å². The van der Waals surface area contributed by atoms with Crippen LogP contribution >= 0.6 is 39.3 Å². The Morgan fingerprint density at radius 1 is 1.18 bits per heavy atom. The molecule has 1 spiro atoms. The minimum Gasteiger partial charge on any atom is -0.390 e. The van der Waals surface area contributed by atoms with Crippen molar-refractivity contribution in [1.29, 1.82) is 0 Å². The average molecular weight is 546 g/mol. The average Bonchev–Trinajstić information content (AvgIpc) is 3.48. The second kappa shape index (κ2) is 7.92. The molecule has 6 nitrogen and oxygen atoms in total. The van der Waals surface area contributed by atoms with Crippen LogP contribution in [0.2, 0.25) is 5.15 Å². The predicted molar refractivity (Wildman–Crippen MR) is 135 cm³/mol. The molecule has 33 heavy (non-hydrogen) atoms. The zero-order valence-corrected chi connectivity index (χ0v) is 21.0. The summed E-state index contributed by atoms with van der Waals surface area (Å²) in [5.41, 5.74) is 3.41. The molecule has 170 valence electrons. The van der Waals surface area contributed by atoms with Crippen LogP contribution in [0.25, 0.3) is 21.9 Å². The number of aliphatic hydroxyl groups excluding tert-OH is 2. The number of aromatic nitrogens is 4. The van der Waals surface area contributed by atoms with Crippen molar-refractivity contribution < 1.29 is 10.2 Å². The fourth-order valence-corrected chi connectivity index (χ4v) is 7.72. The van der Waals surface area contributed by atoms with Crippen LogP contribution in [-0.2, 0) is 0 Å². The van der Waals surface area contributed by atoms with Crippen molar-refractivity contribution in [3.05, 3.63) is 63.7 Å². The van der Waals surface area contributed by atoms with Gasteiger partial charge in [-0.05, 0) is 59.5 Å². The highest BCUT2D eigenvalue weighted by Crippen LogP contribution is 2.59. The van der Waals surface area contributed by atoms with Gasteiger partial charge in [0.2, 0.25) is 0 Å². The number of nitrogens with zero attached hydrogens (tertiary/aromatic N) is 4. The first-order valence-electron chi connectivity index (χ1n) is 10.9. The van der Waals surface area contributed by atoms with Crippen molar-refractivity contribution >= 4 is 61.2 Å². The van der Waals surface area contributed by atoms with E-state index in [4.69, 9.17) is 11.6 Å². The van der Waals surface area contributed by atoms with Gasteiger partial charge in [-0.25, -0.2) is 15.0 Å². The third-order valence-electron chi connectivity index (χ3n) is 7.31. The number of hydrogen-bond donors (Lipinski definition) is 2. The van der Waals surface area contributed by atoms with Crippen LogP contribution in [0.15, 0.2) is 47.3 Å². The maximum absolute atomic E-state index is 11.2. The van der Waals surface area contributed by atoms with Gasteiger partial charge in [0, 0.05) is 33.4 Å². The Morgan fingerprint density at radius 2 is 2.03 bits per heavy atom. The van der Waals surface area contributed by atoms with Crippen LogP contribution in [0.4, 0.5) is 0 Å². The number of aryl methyl sites for hydroxylation is 1. The molecule has 2 fully saturated rings. The Balaban J connectivity index is 1.30. The molecule has 5 atom stereocenters. The second-order valence-electron chi connectivity index (χ2n) is 9.21. The quantitative estimate of drug-likeness (QED) is 0.335. The summed E-state index contributed by atoms with van der Waals surface area (Å²) in [5, 5.41) is 25.0. The second-order valence-corrected chi connectivity index (χ2v) is 11.6. The van der Waals surface area contributed by atoms with E-state index in [2.05, 4.69) is 49.1 Å². The third-order valence-corrected chi connectivity index (χ3v) is 10.0. The number of fused-ring (bicyclic) bond motifs is 2. The maximum Gasteiger partial charge on any atom is 0.143 e. The lowest BCUT2D eigenvalue weighted by Gasteiger charge is -2.27. The van der Waals surface area contributed by atoms with E-state index in [-0.39, 0.29) is 16.7 Å². The largest absolute Gasteiger partial charge is 0.390 e. The number of aliphatic hydroxyl groups is 2. The van der Waals surface area contributed by atoms with E-state index in [9.17, 15) is 10.2 Å². The molecule has 1 saturated carbocycles. The standard InChI is InChI=1S/C24H22BrClN4O2S/c1-12-15-4-5-30(23(15)28-11-27-12)18-8-24(21(32)20(18)31)9-19(33-10-24)14-3-2-13-6-16(25)22(26)29-17(13)7-14/h2-7,11,18-21,31-32H,8-10H2,1H3/t18-,19+,20+,21+,24-/m1/s1. The molecule has 9 heteroatoms. The van der Waals surface area contributed by atoms with Crippen LogP contribution < -0.4 is 0 Å². The highest BCUT2D eigenvalue weighted by Gasteiger charge is 2.56. The molecule has 6 rings (SSSR count).